The van der Waals surface area contributed by atoms with E-state index in [1.165, 1.54) is 5.56 Å². The van der Waals surface area contributed by atoms with Gasteiger partial charge in [-0.25, -0.2) is 0 Å². The number of nitrogens with zero attached hydrogens (tertiary/aromatic N) is 1. The van der Waals surface area contributed by atoms with E-state index in [1.807, 2.05) is 29.2 Å². The van der Waals surface area contributed by atoms with Gasteiger partial charge in [-0.05, 0) is 54.9 Å². The van der Waals surface area contributed by atoms with Crippen molar-refractivity contribution in [3.8, 4) is 11.5 Å². The number of nitrogens with two attached hydrogens (primary N) is 1. The molecule has 1 fully saturated rings. The number of para-hydroxylation sites is 2. The molecular formula is C24H28N2O4. The summed E-state index contributed by atoms with van der Waals surface area (Å²) in [5.41, 5.74) is 7.64. The van der Waals surface area contributed by atoms with Gasteiger partial charge in [0.25, 0.3) is 5.91 Å². The molecule has 2 aromatic carbocycles. The SMILES string of the molecule is NC(=O)CCc1ccc(CC2CCN(C(=O)C3COc4ccccc4O3)CC2)cc1. The molecule has 2 aliphatic rings. The van der Waals surface area contributed by atoms with Crippen LogP contribution in [-0.2, 0) is 22.4 Å². The molecule has 6 heteroatoms. The first kappa shape index (κ1) is 20.3. The standard InChI is InChI=1S/C24H28N2O4/c25-23(27)10-9-17-5-7-18(8-6-17)15-19-11-13-26(14-12-19)24(28)22-16-29-20-3-1-2-4-21(20)30-22/h1-8,19,22H,9-16H2,(H2,25,27). The summed E-state index contributed by atoms with van der Waals surface area (Å²) in [4.78, 5) is 25.7. The maximum atomic E-state index is 12.9. The number of fused-ring (bicyclic) bond motifs is 1. The van der Waals surface area contributed by atoms with E-state index in [0.717, 1.165) is 37.9 Å². The van der Waals surface area contributed by atoms with Crippen LogP contribution in [0, 0.1) is 5.92 Å². The zero-order chi connectivity index (χ0) is 20.9. The Bertz CT molecular complexity index is 888. The van der Waals surface area contributed by atoms with Crippen LogP contribution < -0.4 is 15.2 Å². The molecule has 158 valence electrons. The Hall–Kier alpha value is -3.02. The Balaban J connectivity index is 1.25. The topological polar surface area (TPSA) is 81.9 Å². The van der Waals surface area contributed by atoms with Crippen molar-refractivity contribution < 1.29 is 19.1 Å². The highest BCUT2D eigenvalue weighted by Gasteiger charge is 2.33. The summed E-state index contributed by atoms with van der Waals surface area (Å²) < 4.78 is 11.6. The quantitative estimate of drug-likeness (QED) is 0.797. The summed E-state index contributed by atoms with van der Waals surface area (Å²) in [6, 6.07) is 15.9. The maximum Gasteiger partial charge on any atom is 0.267 e. The highest BCUT2D eigenvalue weighted by molar-refractivity contribution is 5.82. The molecule has 2 amide bonds. The van der Waals surface area contributed by atoms with Gasteiger partial charge in [-0.15, -0.1) is 0 Å². The van der Waals surface area contributed by atoms with Crippen molar-refractivity contribution in [3.63, 3.8) is 0 Å². The van der Waals surface area contributed by atoms with Crippen LogP contribution in [0.3, 0.4) is 0 Å². The maximum absolute atomic E-state index is 12.9. The van der Waals surface area contributed by atoms with Gasteiger partial charge in [0.05, 0.1) is 0 Å². The molecule has 2 N–H and O–H groups in total. The van der Waals surface area contributed by atoms with Gasteiger partial charge < -0.3 is 20.1 Å². The van der Waals surface area contributed by atoms with Crippen LogP contribution >= 0.6 is 0 Å². The van der Waals surface area contributed by atoms with E-state index in [0.29, 0.717) is 30.3 Å². The lowest BCUT2D eigenvalue weighted by atomic mass is 9.89. The summed E-state index contributed by atoms with van der Waals surface area (Å²) in [6.07, 6.45) is 3.48. The summed E-state index contributed by atoms with van der Waals surface area (Å²) in [5, 5.41) is 0. The molecule has 1 atom stereocenters. The number of primary amides is 1. The first-order valence-corrected chi connectivity index (χ1v) is 10.6. The molecule has 4 rings (SSSR count). The average molecular weight is 408 g/mol. The first-order chi connectivity index (χ1) is 14.6. The molecule has 30 heavy (non-hydrogen) atoms. The van der Waals surface area contributed by atoms with E-state index in [2.05, 4.69) is 24.3 Å². The molecule has 1 saturated heterocycles. The Kier molecular flexibility index (Phi) is 6.21. The Labute approximate surface area is 177 Å². The number of aryl methyl sites for hydroxylation is 1. The van der Waals surface area contributed by atoms with E-state index in [-0.39, 0.29) is 18.4 Å². The third-order valence-corrected chi connectivity index (χ3v) is 5.92. The average Bonchev–Trinajstić information content (AvgIpc) is 2.78. The van der Waals surface area contributed by atoms with Crippen LogP contribution in [0.15, 0.2) is 48.5 Å². The molecule has 0 bridgehead atoms. The molecule has 0 aliphatic carbocycles. The molecule has 0 spiro atoms. The van der Waals surface area contributed by atoms with E-state index < -0.39 is 6.10 Å². The van der Waals surface area contributed by atoms with Crippen LogP contribution in [0.4, 0.5) is 0 Å². The fourth-order valence-electron chi connectivity index (χ4n) is 4.15. The monoisotopic (exact) mass is 408 g/mol. The van der Waals surface area contributed by atoms with E-state index in [9.17, 15) is 9.59 Å². The number of likely N-dealkylation sites (tertiary alicyclic amines) is 1. The molecule has 0 saturated carbocycles. The minimum atomic E-state index is -0.565. The van der Waals surface area contributed by atoms with E-state index in [4.69, 9.17) is 15.2 Å². The van der Waals surface area contributed by atoms with Crippen molar-refractivity contribution in [2.24, 2.45) is 11.7 Å². The van der Waals surface area contributed by atoms with Gasteiger partial charge in [-0.3, -0.25) is 9.59 Å². The molecule has 2 aromatic rings. The highest BCUT2D eigenvalue weighted by atomic mass is 16.6. The third kappa shape index (κ3) is 4.93. The van der Waals surface area contributed by atoms with Crippen LogP contribution in [-0.4, -0.2) is 42.5 Å². The third-order valence-electron chi connectivity index (χ3n) is 5.92. The van der Waals surface area contributed by atoms with Gasteiger partial charge in [-0.1, -0.05) is 36.4 Å². The number of benzene rings is 2. The van der Waals surface area contributed by atoms with E-state index in [1.54, 1.807) is 0 Å². The number of hydrogen-bond acceptors (Lipinski definition) is 4. The number of ether oxygens (including phenoxy) is 2. The lowest BCUT2D eigenvalue weighted by Gasteiger charge is -2.35. The summed E-state index contributed by atoms with van der Waals surface area (Å²) in [6.45, 7) is 1.77. The Morgan fingerprint density at radius 2 is 1.63 bits per heavy atom. The Morgan fingerprint density at radius 1 is 0.967 bits per heavy atom. The van der Waals surface area contributed by atoms with Crippen molar-refractivity contribution in [1.29, 1.82) is 0 Å². The largest absolute Gasteiger partial charge is 0.485 e. The van der Waals surface area contributed by atoms with Crippen LogP contribution in [0.2, 0.25) is 0 Å². The van der Waals surface area contributed by atoms with Crippen LogP contribution in [0.1, 0.15) is 30.4 Å². The second kappa shape index (κ2) is 9.20. The predicted molar refractivity (Wildman–Crippen MR) is 113 cm³/mol. The molecule has 2 heterocycles. The molecule has 1 unspecified atom stereocenters. The number of carbonyl (C=O) groups excluding carboxylic acids is 2. The molecule has 0 aromatic heterocycles. The molecule has 0 radical (unpaired) electrons. The van der Waals surface area contributed by atoms with Crippen molar-refractivity contribution in [2.45, 2.75) is 38.2 Å². The van der Waals surface area contributed by atoms with Gasteiger partial charge in [0.2, 0.25) is 12.0 Å². The fourth-order valence-corrected chi connectivity index (χ4v) is 4.15. The number of rotatable bonds is 6. The second-order valence-corrected chi connectivity index (χ2v) is 8.12. The van der Waals surface area contributed by atoms with Gasteiger partial charge in [0, 0.05) is 19.5 Å². The van der Waals surface area contributed by atoms with Crippen molar-refractivity contribution in [2.75, 3.05) is 19.7 Å². The van der Waals surface area contributed by atoms with Crippen molar-refractivity contribution >= 4 is 11.8 Å². The van der Waals surface area contributed by atoms with Crippen LogP contribution in [0.5, 0.6) is 11.5 Å². The number of hydrogen-bond donors (Lipinski definition) is 1. The second-order valence-electron chi connectivity index (χ2n) is 8.12. The highest BCUT2D eigenvalue weighted by Crippen LogP contribution is 2.32. The minimum Gasteiger partial charge on any atom is -0.485 e. The summed E-state index contributed by atoms with van der Waals surface area (Å²) >= 11 is 0. The van der Waals surface area contributed by atoms with Gasteiger partial charge in [0.15, 0.2) is 11.5 Å². The number of carbonyl (C=O) groups is 2. The first-order valence-electron chi connectivity index (χ1n) is 10.6. The summed E-state index contributed by atoms with van der Waals surface area (Å²) in [5.74, 6) is 1.64. The molecule has 2 aliphatic heterocycles. The van der Waals surface area contributed by atoms with Gasteiger partial charge >= 0.3 is 0 Å². The zero-order valence-corrected chi connectivity index (χ0v) is 17.1. The van der Waals surface area contributed by atoms with Crippen molar-refractivity contribution in [1.82, 2.24) is 4.90 Å². The molecular weight excluding hydrogens is 380 g/mol. The number of piperidine rings is 1. The molecule has 6 nitrogen and oxygen atoms in total. The summed E-state index contributed by atoms with van der Waals surface area (Å²) in [7, 11) is 0. The van der Waals surface area contributed by atoms with Crippen LogP contribution in [0.25, 0.3) is 0 Å². The van der Waals surface area contributed by atoms with Gasteiger partial charge in [0.1, 0.15) is 6.61 Å². The minimum absolute atomic E-state index is 0.0155. The van der Waals surface area contributed by atoms with E-state index >= 15 is 0 Å². The fraction of sp³-hybridized carbons (Fsp3) is 0.417. The van der Waals surface area contributed by atoms with Gasteiger partial charge in [-0.2, -0.15) is 0 Å². The normalized spacial score (nSPS) is 18.8. The zero-order valence-electron chi connectivity index (χ0n) is 17.1. The smallest absolute Gasteiger partial charge is 0.267 e. The number of amides is 2. The van der Waals surface area contributed by atoms with Crippen molar-refractivity contribution in [3.05, 3.63) is 59.7 Å². The lowest BCUT2D eigenvalue weighted by Crippen LogP contribution is -2.49. The predicted octanol–water partition coefficient (Wildman–Crippen LogP) is 2.73. The Morgan fingerprint density at radius 3 is 2.33 bits per heavy atom. The lowest BCUT2D eigenvalue weighted by molar-refractivity contribution is -0.142.